The van der Waals surface area contributed by atoms with Crippen LogP contribution in [0.5, 0.6) is 0 Å². The maximum absolute atomic E-state index is 12.1. The van der Waals surface area contributed by atoms with Crippen molar-refractivity contribution < 1.29 is 9.59 Å². The largest absolute Gasteiger partial charge is 0.354 e. The molecule has 1 aromatic rings. The van der Waals surface area contributed by atoms with Crippen molar-refractivity contribution in [1.82, 2.24) is 10.6 Å². The highest BCUT2D eigenvalue weighted by atomic mass is 16.2. The van der Waals surface area contributed by atoms with Gasteiger partial charge in [-0.05, 0) is 43.4 Å². The van der Waals surface area contributed by atoms with Gasteiger partial charge in [0.1, 0.15) is 6.04 Å². The second kappa shape index (κ2) is 7.08. The second-order valence-corrected chi connectivity index (χ2v) is 5.26. The molecule has 1 aliphatic rings. The van der Waals surface area contributed by atoms with E-state index in [9.17, 15) is 9.59 Å². The molecule has 4 heteroatoms. The molecule has 1 fully saturated rings. The molecule has 2 rings (SSSR count). The normalized spacial score (nSPS) is 18.4. The summed E-state index contributed by atoms with van der Waals surface area (Å²) in [5.74, 6) is -0.252. The Labute approximate surface area is 119 Å². The minimum atomic E-state index is -0.393. The van der Waals surface area contributed by atoms with Crippen LogP contribution in [0.15, 0.2) is 24.3 Å². The molecule has 2 amide bonds. The molecule has 0 aromatic heterocycles. The quantitative estimate of drug-likeness (QED) is 0.863. The van der Waals surface area contributed by atoms with Gasteiger partial charge in [-0.2, -0.15) is 0 Å². The van der Waals surface area contributed by atoms with Gasteiger partial charge in [-0.1, -0.05) is 25.5 Å². The molecule has 0 bridgehead atoms. The maximum atomic E-state index is 12.1. The van der Waals surface area contributed by atoms with Crippen LogP contribution in [0.2, 0.25) is 0 Å². The summed E-state index contributed by atoms with van der Waals surface area (Å²) in [5, 5.41) is 5.56. The van der Waals surface area contributed by atoms with Crippen LogP contribution in [0.25, 0.3) is 0 Å². The van der Waals surface area contributed by atoms with Gasteiger partial charge in [0.2, 0.25) is 5.91 Å². The average Bonchev–Trinajstić information content (AvgIpc) is 2.48. The number of carbonyl (C=O) groups is 2. The lowest BCUT2D eigenvalue weighted by molar-refractivity contribution is -0.124. The summed E-state index contributed by atoms with van der Waals surface area (Å²) in [7, 11) is 0. The highest BCUT2D eigenvalue weighted by molar-refractivity contribution is 5.97. The van der Waals surface area contributed by atoms with Crippen LogP contribution in [0.3, 0.4) is 0 Å². The van der Waals surface area contributed by atoms with Crippen LogP contribution in [0.4, 0.5) is 0 Å². The number of nitrogens with one attached hydrogen (secondary N) is 2. The van der Waals surface area contributed by atoms with Gasteiger partial charge in [-0.25, -0.2) is 0 Å². The Morgan fingerprint density at radius 1 is 1.35 bits per heavy atom. The Hall–Kier alpha value is -1.84. The van der Waals surface area contributed by atoms with Gasteiger partial charge >= 0.3 is 0 Å². The van der Waals surface area contributed by atoms with E-state index < -0.39 is 6.04 Å². The van der Waals surface area contributed by atoms with Crippen LogP contribution in [-0.4, -0.2) is 24.4 Å². The van der Waals surface area contributed by atoms with Gasteiger partial charge < -0.3 is 10.6 Å². The highest BCUT2D eigenvalue weighted by Gasteiger charge is 2.23. The first-order valence-electron chi connectivity index (χ1n) is 7.38. The van der Waals surface area contributed by atoms with Crippen molar-refractivity contribution in [1.29, 1.82) is 0 Å². The predicted molar refractivity (Wildman–Crippen MR) is 78.6 cm³/mol. The van der Waals surface area contributed by atoms with Crippen molar-refractivity contribution in [2.75, 3.05) is 6.54 Å². The van der Waals surface area contributed by atoms with Crippen LogP contribution >= 0.6 is 0 Å². The van der Waals surface area contributed by atoms with Crippen LogP contribution in [0.1, 0.15) is 48.5 Å². The fourth-order valence-corrected chi connectivity index (χ4v) is 2.36. The molecule has 0 saturated carbocycles. The SMILES string of the molecule is CCCCc1ccc(C(=O)N[C@H]2CCCNC2=O)cc1. The number of aryl methyl sites for hydroxylation is 1. The third-order valence-corrected chi connectivity index (χ3v) is 3.63. The summed E-state index contributed by atoms with van der Waals surface area (Å²) in [5.41, 5.74) is 1.86. The number of amides is 2. The van der Waals surface area contributed by atoms with E-state index in [4.69, 9.17) is 0 Å². The fourth-order valence-electron chi connectivity index (χ4n) is 2.36. The van der Waals surface area contributed by atoms with Crippen LogP contribution in [-0.2, 0) is 11.2 Å². The number of benzene rings is 1. The molecule has 2 N–H and O–H groups in total. The number of hydrogen-bond acceptors (Lipinski definition) is 2. The van der Waals surface area contributed by atoms with Crippen molar-refractivity contribution in [2.24, 2.45) is 0 Å². The molecule has 0 unspecified atom stereocenters. The van der Waals surface area contributed by atoms with Crippen molar-refractivity contribution in [2.45, 2.75) is 45.1 Å². The minimum absolute atomic E-state index is 0.0795. The molecule has 0 aliphatic carbocycles. The summed E-state index contributed by atoms with van der Waals surface area (Å²) in [6.45, 7) is 2.87. The Morgan fingerprint density at radius 3 is 2.75 bits per heavy atom. The molecular weight excluding hydrogens is 252 g/mol. The number of rotatable bonds is 5. The van der Waals surface area contributed by atoms with E-state index in [1.165, 1.54) is 12.0 Å². The third-order valence-electron chi connectivity index (χ3n) is 3.63. The maximum Gasteiger partial charge on any atom is 0.251 e. The topological polar surface area (TPSA) is 58.2 Å². The summed E-state index contributed by atoms with van der Waals surface area (Å²) in [4.78, 5) is 23.7. The van der Waals surface area contributed by atoms with Crippen molar-refractivity contribution in [3.63, 3.8) is 0 Å². The molecular formula is C16H22N2O2. The Bertz CT molecular complexity index is 468. The first-order chi connectivity index (χ1) is 9.70. The molecule has 0 radical (unpaired) electrons. The number of unbranched alkanes of at least 4 members (excludes halogenated alkanes) is 1. The van der Waals surface area contributed by atoms with E-state index in [-0.39, 0.29) is 11.8 Å². The van der Waals surface area contributed by atoms with E-state index in [1.54, 1.807) is 0 Å². The third kappa shape index (κ3) is 3.83. The Balaban J connectivity index is 1.93. The molecule has 1 heterocycles. The van der Waals surface area contributed by atoms with E-state index in [0.29, 0.717) is 18.5 Å². The highest BCUT2D eigenvalue weighted by Crippen LogP contribution is 2.09. The van der Waals surface area contributed by atoms with Gasteiger partial charge in [0, 0.05) is 12.1 Å². The van der Waals surface area contributed by atoms with E-state index in [2.05, 4.69) is 17.6 Å². The summed E-state index contributed by atoms with van der Waals surface area (Å²) in [6.07, 6.45) is 5.00. The van der Waals surface area contributed by atoms with Gasteiger partial charge in [0.05, 0.1) is 0 Å². The van der Waals surface area contributed by atoms with Crippen LogP contribution in [0, 0.1) is 0 Å². The van der Waals surface area contributed by atoms with Crippen molar-refractivity contribution in [3.05, 3.63) is 35.4 Å². The molecule has 20 heavy (non-hydrogen) atoms. The van der Waals surface area contributed by atoms with Crippen molar-refractivity contribution in [3.8, 4) is 0 Å². The fraction of sp³-hybridized carbons (Fsp3) is 0.500. The molecule has 4 nitrogen and oxygen atoms in total. The van der Waals surface area contributed by atoms with Crippen LogP contribution < -0.4 is 10.6 Å². The number of carbonyl (C=O) groups excluding carboxylic acids is 2. The summed E-state index contributed by atoms with van der Waals surface area (Å²) in [6, 6.07) is 7.26. The first kappa shape index (κ1) is 14.6. The van der Waals surface area contributed by atoms with Crippen molar-refractivity contribution >= 4 is 11.8 Å². The second-order valence-electron chi connectivity index (χ2n) is 5.26. The average molecular weight is 274 g/mol. The lowest BCUT2D eigenvalue weighted by atomic mass is 10.0. The molecule has 1 aromatic carbocycles. The first-order valence-corrected chi connectivity index (χ1v) is 7.38. The Kier molecular flexibility index (Phi) is 5.16. The monoisotopic (exact) mass is 274 g/mol. The molecule has 0 spiro atoms. The predicted octanol–water partition coefficient (Wildman–Crippen LogP) is 2.04. The lowest BCUT2D eigenvalue weighted by Gasteiger charge is -2.22. The van der Waals surface area contributed by atoms with Gasteiger partial charge in [0.15, 0.2) is 0 Å². The van der Waals surface area contributed by atoms with Gasteiger partial charge in [-0.3, -0.25) is 9.59 Å². The molecule has 1 aliphatic heterocycles. The zero-order chi connectivity index (χ0) is 14.4. The summed E-state index contributed by atoms with van der Waals surface area (Å²) >= 11 is 0. The number of piperidine rings is 1. The Morgan fingerprint density at radius 2 is 2.10 bits per heavy atom. The van der Waals surface area contributed by atoms with Gasteiger partial charge in [0.25, 0.3) is 5.91 Å². The lowest BCUT2D eigenvalue weighted by Crippen LogP contribution is -2.50. The molecule has 1 atom stereocenters. The molecule has 1 saturated heterocycles. The number of hydrogen-bond donors (Lipinski definition) is 2. The zero-order valence-corrected chi connectivity index (χ0v) is 11.9. The van der Waals surface area contributed by atoms with Gasteiger partial charge in [-0.15, -0.1) is 0 Å². The van der Waals surface area contributed by atoms with E-state index >= 15 is 0 Å². The standard InChI is InChI=1S/C16H22N2O2/c1-2-3-5-12-7-9-13(10-8-12)15(19)18-14-6-4-11-17-16(14)20/h7-10,14H,2-6,11H2,1H3,(H,17,20)(H,18,19)/t14-/m0/s1. The molecule has 108 valence electrons. The minimum Gasteiger partial charge on any atom is -0.354 e. The zero-order valence-electron chi connectivity index (χ0n) is 11.9. The summed E-state index contributed by atoms with van der Waals surface area (Å²) < 4.78 is 0. The van der Waals surface area contributed by atoms with E-state index in [1.807, 2.05) is 24.3 Å². The van der Waals surface area contributed by atoms with E-state index in [0.717, 1.165) is 19.3 Å². The smallest absolute Gasteiger partial charge is 0.251 e.